The number of nitrogen functional groups attached to an aromatic ring is 1. The highest BCUT2D eigenvalue weighted by Gasteiger charge is 2.31. The highest BCUT2D eigenvalue weighted by molar-refractivity contribution is 5.43. The maximum atomic E-state index is 12.4. The van der Waals surface area contributed by atoms with Crippen molar-refractivity contribution in [2.75, 3.05) is 23.7 Å². The Morgan fingerprint density at radius 1 is 1.35 bits per heavy atom. The van der Waals surface area contributed by atoms with Crippen molar-refractivity contribution in [3.05, 3.63) is 11.8 Å². The molecule has 0 spiro atoms. The lowest BCUT2D eigenvalue weighted by atomic mass is 10.3. The second-order valence-corrected chi connectivity index (χ2v) is 3.76. The summed E-state index contributed by atoms with van der Waals surface area (Å²) in [5, 5.41) is 0. The van der Waals surface area contributed by atoms with Gasteiger partial charge < -0.3 is 10.6 Å². The van der Waals surface area contributed by atoms with E-state index in [4.69, 9.17) is 5.73 Å². The van der Waals surface area contributed by atoms with Crippen molar-refractivity contribution in [1.29, 1.82) is 0 Å². The minimum atomic E-state index is -4.26. The lowest BCUT2D eigenvalue weighted by molar-refractivity contribution is -0.119. The van der Waals surface area contributed by atoms with Crippen molar-refractivity contribution < 1.29 is 13.2 Å². The van der Waals surface area contributed by atoms with E-state index in [0.29, 0.717) is 12.1 Å². The Hall–Kier alpha value is -1.53. The second kappa shape index (κ2) is 5.20. The molecule has 1 rings (SSSR count). The topological polar surface area (TPSA) is 55.0 Å². The summed E-state index contributed by atoms with van der Waals surface area (Å²) in [7, 11) is 0. The molecule has 1 aromatic rings. The van der Waals surface area contributed by atoms with Gasteiger partial charge in [-0.15, -0.1) is 0 Å². The van der Waals surface area contributed by atoms with Crippen molar-refractivity contribution in [3.63, 3.8) is 0 Å². The molecule has 0 aromatic carbocycles. The van der Waals surface area contributed by atoms with E-state index in [-0.39, 0.29) is 18.3 Å². The molecule has 0 saturated carbocycles. The predicted octanol–water partition coefficient (Wildman–Crippen LogP) is 2.15. The molecule has 0 bridgehead atoms. The van der Waals surface area contributed by atoms with Gasteiger partial charge in [0.2, 0.25) is 5.95 Å². The Morgan fingerprint density at radius 3 is 2.47 bits per heavy atom. The molecular weight excluding hydrogens is 233 g/mol. The van der Waals surface area contributed by atoms with Crippen LogP contribution >= 0.6 is 0 Å². The number of aromatic nitrogens is 2. The summed E-state index contributed by atoms with van der Waals surface area (Å²) in [6.07, 6.45) is -3.66. The van der Waals surface area contributed by atoms with Gasteiger partial charge in [0.15, 0.2) is 0 Å². The number of nitrogens with zero attached hydrogens (tertiary/aromatic N) is 3. The Bertz CT molecular complexity index is 358. The van der Waals surface area contributed by atoms with Crippen LogP contribution in [-0.2, 0) is 0 Å². The maximum Gasteiger partial charge on any atom is 0.405 e. The van der Waals surface area contributed by atoms with Gasteiger partial charge in [0.1, 0.15) is 12.4 Å². The number of nitrogens with two attached hydrogens (primary N) is 1. The molecule has 0 unspecified atom stereocenters. The van der Waals surface area contributed by atoms with E-state index in [1.807, 2.05) is 0 Å². The van der Waals surface area contributed by atoms with E-state index in [2.05, 4.69) is 9.97 Å². The Labute approximate surface area is 97.7 Å². The quantitative estimate of drug-likeness (QED) is 0.887. The van der Waals surface area contributed by atoms with E-state index < -0.39 is 12.7 Å². The number of aryl methyl sites for hydroxylation is 1. The van der Waals surface area contributed by atoms with E-state index in [1.54, 1.807) is 13.8 Å². The number of alkyl halides is 3. The van der Waals surface area contributed by atoms with E-state index in [0.717, 1.165) is 4.90 Å². The molecule has 4 nitrogen and oxygen atoms in total. The molecule has 0 atom stereocenters. The first-order chi connectivity index (χ1) is 7.81. The second-order valence-electron chi connectivity index (χ2n) is 3.76. The van der Waals surface area contributed by atoms with Crippen LogP contribution in [0.4, 0.5) is 24.9 Å². The largest absolute Gasteiger partial charge is 0.405 e. The van der Waals surface area contributed by atoms with Crippen molar-refractivity contribution in [1.82, 2.24) is 9.97 Å². The SMILES string of the molecule is CCCN(CC(F)(F)F)c1cc(C)nc(N)n1. The van der Waals surface area contributed by atoms with Crippen LogP contribution in [0.5, 0.6) is 0 Å². The van der Waals surface area contributed by atoms with Gasteiger partial charge in [-0.3, -0.25) is 0 Å². The van der Waals surface area contributed by atoms with Crippen molar-refractivity contribution in [2.45, 2.75) is 26.4 Å². The summed E-state index contributed by atoms with van der Waals surface area (Å²) >= 11 is 0. The molecule has 2 N–H and O–H groups in total. The zero-order valence-electron chi connectivity index (χ0n) is 9.75. The van der Waals surface area contributed by atoms with Gasteiger partial charge in [0.25, 0.3) is 0 Å². The first-order valence-electron chi connectivity index (χ1n) is 5.24. The minimum Gasteiger partial charge on any atom is -0.368 e. The van der Waals surface area contributed by atoms with Crippen LogP contribution in [-0.4, -0.2) is 29.2 Å². The molecule has 0 aliphatic carbocycles. The number of halogens is 3. The van der Waals surface area contributed by atoms with E-state index >= 15 is 0 Å². The van der Waals surface area contributed by atoms with Gasteiger partial charge in [-0.2, -0.15) is 18.2 Å². The molecule has 96 valence electrons. The number of anilines is 2. The lowest BCUT2D eigenvalue weighted by Crippen LogP contribution is -2.35. The van der Waals surface area contributed by atoms with E-state index in [9.17, 15) is 13.2 Å². The molecule has 1 heterocycles. The van der Waals surface area contributed by atoms with Crippen LogP contribution in [0.3, 0.4) is 0 Å². The Morgan fingerprint density at radius 2 is 2.00 bits per heavy atom. The average molecular weight is 248 g/mol. The Kier molecular flexibility index (Phi) is 4.14. The van der Waals surface area contributed by atoms with Crippen molar-refractivity contribution >= 4 is 11.8 Å². The third kappa shape index (κ3) is 4.46. The van der Waals surface area contributed by atoms with Crippen molar-refractivity contribution in [3.8, 4) is 0 Å². The molecule has 0 fully saturated rings. The first-order valence-corrected chi connectivity index (χ1v) is 5.24. The van der Waals surface area contributed by atoms with Crippen LogP contribution < -0.4 is 10.6 Å². The van der Waals surface area contributed by atoms with Crippen LogP contribution in [0.1, 0.15) is 19.0 Å². The molecule has 0 aliphatic rings. The van der Waals surface area contributed by atoms with Gasteiger partial charge in [-0.05, 0) is 13.3 Å². The van der Waals surface area contributed by atoms with Crippen LogP contribution in [0.15, 0.2) is 6.07 Å². The lowest BCUT2D eigenvalue weighted by Gasteiger charge is -2.24. The van der Waals surface area contributed by atoms with E-state index in [1.165, 1.54) is 6.07 Å². The fourth-order valence-electron chi connectivity index (χ4n) is 1.50. The zero-order valence-corrected chi connectivity index (χ0v) is 9.75. The standard InChI is InChI=1S/C10H15F3N4/c1-3-4-17(6-10(11,12)13)8-5-7(2)15-9(14)16-8/h5H,3-4,6H2,1-2H3,(H2,14,15,16). The minimum absolute atomic E-state index is 0.0109. The number of hydrogen-bond donors (Lipinski definition) is 1. The Balaban J connectivity index is 2.96. The van der Waals surface area contributed by atoms with Gasteiger partial charge >= 0.3 is 6.18 Å². The molecule has 0 saturated heterocycles. The van der Waals surface area contributed by atoms with Crippen LogP contribution in [0.25, 0.3) is 0 Å². The fraction of sp³-hybridized carbons (Fsp3) is 0.600. The maximum absolute atomic E-state index is 12.4. The van der Waals surface area contributed by atoms with Gasteiger partial charge in [0.05, 0.1) is 0 Å². The predicted molar refractivity (Wildman–Crippen MR) is 59.7 cm³/mol. The summed E-state index contributed by atoms with van der Waals surface area (Å²) in [5.74, 6) is 0.206. The monoisotopic (exact) mass is 248 g/mol. The summed E-state index contributed by atoms with van der Waals surface area (Å²) < 4.78 is 37.2. The zero-order chi connectivity index (χ0) is 13.1. The van der Waals surface area contributed by atoms with Crippen molar-refractivity contribution in [2.24, 2.45) is 0 Å². The first kappa shape index (κ1) is 13.5. The van der Waals surface area contributed by atoms with Crippen LogP contribution in [0.2, 0.25) is 0 Å². The summed E-state index contributed by atoms with van der Waals surface area (Å²) in [5.41, 5.74) is 5.98. The third-order valence-electron chi connectivity index (χ3n) is 2.05. The third-order valence-corrected chi connectivity index (χ3v) is 2.05. The van der Waals surface area contributed by atoms with Gasteiger partial charge in [-0.25, -0.2) is 4.98 Å². The van der Waals surface area contributed by atoms with Crippen LogP contribution in [0, 0.1) is 6.92 Å². The average Bonchev–Trinajstić information content (AvgIpc) is 2.13. The normalized spacial score (nSPS) is 11.6. The molecule has 0 amide bonds. The highest BCUT2D eigenvalue weighted by atomic mass is 19.4. The summed E-state index contributed by atoms with van der Waals surface area (Å²) in [6.45, 7) is 2.71. The molecule has 0 aliphatic heterocycles. The number of rotatable bonds is 4. The van der Waals surface area contributed by atoms with Gasteiger partial charge in [-0.1, -0.05) is 6.92 Å². The smallest absolute Gasteiger partial charge is 0.368 e. The highest BCUT2D eigenvalue weighted by Crippen LogP contribution is 2.21. The molecule has 0 radical (unpaired) electrons. The molecule has 7 heteroatoms. The van der Waals surface area contributed by atoms with Gasteiger partial charge in [0, 0.05) is 18.3 Å². The summed E-state index contributed by atoms with van der Waals surface area (Å²) in [4.78, 5) is 8.82. The summed E-state index contributed by atoms with van der Waals surface area (Å²) in [6, 6.07) is 1.50. The fourth-order valence-corrected chi connectivity index (χ4v) is 1.50. The number of hydrogen-bond acceptors (Lipinski definition) is 4. The molecule has 17 heavy (non-hydrogen) atoms. The molecule has 1 aromatic heterocycles. The molecular formula is C10H15F3N4.